The Morgan fingerprint density at radius 1 is 1.31 bits per heavy atom. The van der Waals surface area contributed by atoms with Crippen molar-refractivity contribution in [3.8, 4) is 0 Å². The molecular formula is C11H20IN. The number of nitrogens with zero attached hydrogens (tertiary/aromatic N) is 1. The van der Waals surface area contributed by atoms with Gasteiger partial charge in [-0.2, -0.15) is 0 Å². The molecule has 1 aliphatic heterocycles. The molecule has 0 aromatic heterocycles. The minimum absolute atomic E-state index is 0.757. The fourth-order valence-electron chi connectivity index (χ4n) is 2.85. The summed E-state index contributed by atoms with van der Waals surface area (Å²) in [7, 11) is 0. The molecule has 1 heterocycles. The lowest BCUT2D eigenvalue weighted by atomic mass is 9.63. The van der Waals surface area contributed by atoms with Gasteiger partial charge in [0.25, 0.3) is 0 Å². The molecule has 1 atom stereocenters. The zero-order valence-corrected chi connectivity index (χ0v) is 10.9. The van der Waals surface area contributed by atoms with Crippen molar-refractivity contribution in [2.75, 3.05) is 6.54 Å². The predicted octanol–water partition coefficient (Wildman–Crippen LogP) is 3.63. The maximum Gasteiger partial charge on any atom is 0.0217 e. The molecule has 0 aromatic carbocycles. The molecule has 1 spiro atoms. The average molecular weight is 293 g/mol. The summed E-state index contributed by atoms with van der Waals surface area (Å²) >= 11 is 2.55. The van der Waals surface area contributed by atoms with Crippen LogP contribution < -0.4 is 0 Å². The number of halogens is 1. The molecule has 0 radical (unpaired) electrons. The van der Waals surface area contributed by atoms with Gasteiger partial charge in [0.05, 0.1) is 0 Å². The van der Waals surface area contributed by atoms with Gasteiger partial charge in [0.15, 0.2) is 0 Å². The molecule has 2 heteroatoms. The van der Waals surface area contributed by atoms with Crippen LogP contribution in [0.5, 0.6) is 0 Å². The van der Waals surface area contributed by atoms with Crippen molar-refractivity contribution >= 4 is 22.9 Å². The molecule has 0 N–H and O–H groups in total. The molecule has 1 unspecified atom stereocenters. The molecule has 0 bridgehead atoms. The van der Waals surface area contributed by atoms with E-state index < -0.39 is 0 Å². The lowest BCUT2D eigenvalue weighted by Gasteiger charge is -2.51. The zero-order chi connectivity index (χ0) is 9.47. The maximum atomic E-state index is 2.59. The highest BCUT2D eigenvalue weighted by Gasteiger charge is 2.43. The second kappa shape index (κ2) is 3.69. The van der Waals surface area contributed by atoms with E-state index >= 15 is 0 Å². The van der Waals surface area contributed by atoms with Crippen LogP contribution in [-0.4, -0.2) is 15.7 Å². The van der Waals surface area contributed by atoms with E-state index in [0.29, 0.717) is 0 Å². The normalized spacial score (nSPS) is 33.7. The Hall–Kier alpha value is 0.690. The van der Waals surface area contributed by atoms with Crippen molar-refractivity contribution in [3.05, 3.63) is 0 Å². The highest BCUT2D eigenvalue weighted by molar-refractivity contribution is 14.1. The first kappa shape index (κ1) is 10.2. The Kier molecular flexibility index (Phi) is 2.90. The molecule has 2 aliphatic rings. The lowest BCUT2D eigenvalue weighted by molar-refractivity contribution is 0.0321. The van der Waals surface area contributed by atoms with Gasteiger partial charge in [-0.15, -0.1) is 0 Å². The van der Waals surface area contributed by atoms with Crippen LogP contribution in [0.25, 0.3) is 0 Å². The molecule has 0 amide bonds. The second-order valence-corrected chi connectivity index (χ2v) is 6.50. The van der Waals surface area contributed by atoms with Gasteiger partial charge >= 0.3 is 0 Å². The van der Waals surface area contributed by atoms with Crippen molar-refractivity contribution in [1.29, 1.82) is 0 Å². The number of hydrogen-bond acceptors (Lipinski definition) is 1. The largest absolute Gasteiger partial charge is 0.244 e. The molecule has 1 aliphatic carbocycles. The quantitative estimate of drug-likeness (QED) is 0.527. The number of rotatable bonds is 1. The first-order chi connectivity index (χ1) is 6.13. The van der Waals surface area contributed by atoms with Crippen LogP contribution in [0.4, 0.5) is 0 Å². The van der Waals surface area contributed by atoms with Crippen LogP contribution in [0.3, 0.4) is 0 Å². The summed E-state index contributed by atoms with van der Waals surface area (Å²) in [5, 5.41) is 0. The Bertz CT molecular complexity index is 187. The van der Waals surface area contributed by atoms with Gasteiger partial charge < -0.3 is 0 Å². The fourth-order valence-corrected chi connectivity index (χ4v) is 4.50. The average Bonchev–Trinajstić information content (AvgIpc) is 2.00. The molecule has 2 rings (SSSR count). The van der Waals surface area contributed by atoms with Crippen molar-refractivity contribution in [2.24, 2.45) is 11.3 Å². The molecule has 0 aromatic rings. The summed E-state index contributed by atoms with van der Waals surface area (Å²) in [5.74, 6) is 0.828. The Morgan fingerprint density at radius 3 is 2.38 bits per heavy atom. The van der Waals surface area contributed by atoms with Crippen molar-refractivity contribution in [3.63, 3.8) is 0 Å². The maximum absolute atomic E-state index is 2.59. The topological polar surface area (TPSA) is 3.24 Å². The van der Waals surface area contributed by atoms with Crippen molar-refractivity contribution < 1.29 is 0 Å². The van der Waals surface area contributed by atoms with E-state index in [1.807, 2.05) is 0 Å². The van der Waals surface area contributed by atoms with Crippen molar-refractivity contribution in [1.82, 2.24) is 3.11 Å². The summed E-state index contributed by atoms with van der Waals surface area (Å²) in [4.78, 5) is 0. The van der Waals surface area contributed by atoms with Gasteiger partial charge in [0.2, 0.25) is 0 Å². The third kappa shape index (κ3) is 1.89. The van der Waals surface area contributed by atoms with Gasteiger partial charge in [0, 0.05) is 35.5 Å². The van der Waals surface area contributed by atoms with Crippen LogP contribution in [0.1, 0.15) is 46.0 Å². The molecule has 13 heavy (non-hydrogen) atoms. The standard InChI is InChI=1S/C11H20IN/c1-9(2)10-4-7-11(5-3-6-11)8-13(10)12/h9-10H,3-8H2,1-2H3. The summed E-state index contributed by atoms with van der Waals surface area (Å²) in [5.41, 5.74) is 0.757. The van der Waals surface area contributed by atoms with Crippen LogP contribution in [0.15, 0.2) is 0 Å². The minimum Gasteiger partial charge on any atom is -0.244 e. The molecule has 2 fully saturated rings. The molecule has 76 valence electrons. The van der Waals surface area contributed by atoms with E-state index in [1.54, 1.807) is 0 Å². The van der Waals surface area contributed by atoms with Crippen LogP contribution in [0.2, 0.25) is 0 Å². The van der Waals surface area contributed by atoms with Gasteiger partial charge in [-0.05, 0) is 37.0 Å². The highest BCUT2D eigenvalue weighted by atomic mass is 127. The van der Waals surface area contributed by atoms with Crippen LogP contribution in [0, 0.1) is 11.3 Å². The third-order valence-electron chi connectivity index (χ3n) is 4.00. The summed E-state index contributed by atoms with van der Waals surface area (Å²) < 4.78 is 2.59. The molecule has 1 saturated heterocycles. The van der Waals surface area contributed by atoms with Gasteiger partial charge in [0.1, 0.15) is 0 Å². The van der Waals surface area contributed by atoms with Crippen molar-refractivity contribution in [2.45, 2.75) is 52.0 Å². The Labute approximate surface area is 95.8 Å². The Morgan fingerprint density at radius 2 is 2.00 bits per heavy atom. The smallest absolute Gasteiger partial charge is 0.0217 e. The summed E-state index contributed by atoms with van der Waals surface area (Å²) in [6.07, 6.45) is 7.40. The van der Waals surface area contributed by atoms with Gasteiger partial charge in [-0.1, -0.05) is 20.3 Å². The summed E-state index contributed by atoms with van der Waals surface area (Å²) in [6, 6.07) is 0.840. The van der Waals surface area contributed by atoms with E-state index in [0.717, 1.165) is 17.4 Å². The third-order valence-corrected chi connectivity index (χ3v) is 5.06. The molecule has 1 saturated carbocycles. The first-order valence-corrected chi connectivity index (χ1v) is 6.52. The first-order valence-electron chi connectivity index (χ1n) is 5.55. The zero-order valence-electron chi connectivity index (χ0n) is 8.72. The lowest BCUT2D eigenvalue weighted by Crippen LogP contribution is -2.49. The fraction of sp³-hybridized carbons (Fsp3) is 1.00. The summed E-state index contributed by atoms with van der Waals surface area (Å²) in [6.45, 7) is 6.07. The van der Waals surface area contributed by atoms with E-state index in [2.05, 4.69) is 39.8 Å². The van der Waals surface area contributed by atoms with E-state index in [1.165, 1.54) is 38.6 Å². The number of hydrogen-bond donors (Lipinski definition) is 0. The predicted molar refractivity (Wildman–Crippen MR) is 64.9 cm³/mol. The highest BCUT2D eigenvalue weighted by Crippen LogP contribution is 2.50. The minimum atomic E-state index is 0.757. The molecular weight excluding hydrogens is 273 g/mol. The van der Waals surface area contributed by atoms with E-state index in [4.69, 9.17) is 0 Å². The molecule has 1 nitrogen and oxygen atoms in total. The second-order valence-electron chi connectivity index (χ2n) is 5.26. The monoisotopic (exact) mass is 293 g/mol. The SMILES string of the molecule is CC(C)C1CCC2(CCC2)CN1I. The van der Waals surface area contributed by atoms with Gasteiger partial charge in [-0.3, -0.25) is 0 Å². The van der Waals surface area contributed by atoms with Crippen LogP contribution >= 0.6 is 22.9 Å². The van der Waals surface area contributed by atoms with Gasteiger partial charge in [-0.25, -0.2) is 3.11 Å². The Balaban J connectivity index is 1.95. The number of piperidine rings is 1. The van der Waals surface area contributed by atoms with E-state index in [-0.39, 0.29) is 0 Å². The van der Waals surface area contributed by atoms with E-state index in [9.17, 15) is 0 Å². The van der Waals surface area contributed by atoms with Crippen LogP contribution in [-0.2, 0) is 0 Å².